The van der Waals surface area contributed by atoms with E-state index in [4.69, 9.17) is 21.2 Å². The van der Waals surface area contributed by atoms with Gasteiger partial charge in [-0.25, -0.2) is 9.97 Å². The predicted molar refractivity (Wildman–Crippen MR) is 114 cm³/mol. The second-order valence-electron chi connectivity index (χ2n) is 7.76. The molecule has 1 saturated carbocycles. The van der Waals surface area contributed by atoms with Crippen LogP contribution >= 0.6 is 0 Å². The monoisotopic (exact) mass is 386 g/mol. The van der Waals surface area contributed by atoms with E-state index in [1.54, 1.807) is 6.20 Å². The van der Waals surface area contributed by atoms with Crippen molar-refractivity contribution >= 4 is 17.2 Å². The number of anilines is 1. The van der Waals surface area contributed by atoms with Gasteiger partial charge in [0.05, 0.1) is 5.69 Å². The van der Waals surface area contributed by atoms with Crippen molar-refractivity contribution in [2.24, 2.45) is 22.4 Å². The number of aliphatic imine (C=N–C) groups is 1. The fraction of sp³-hybridized carbons (Fsp3) is 0.667. The molecule has 154 valence electrons. The summed E-state index contributed by atoms with van der Waals surface area (Å²) in [5.74, 6) is 0.958. The van der Waals surface area contributed by atoms with Gasteiger partial charge in [0, 0.05) is 61.4 Å². The van der Waals surface area contributed by atoms with E-state index >= 15 is 0 Å². The maximum Gasteiger partial charge on any atom is 0.223 e. The fourth-order valence-electron chi connectivity index (χ4n) is 4.14. The highest BCUT2D eigenvalue weighted by Crippen LogP contribution is 2.29. The number of hydrogen-bond acceptors (Lipinski definition) is 7. The van der Waals surface area contributed by atoms with E-state index in [1.165, 1.54) is 0 Å². The van der Waals surface area contributed by atoms with Crippen LogP contribution in [-0.4, -0.2) is 48.0 Å². The van der Waals surface area contributed by atoms with Gasteiger partial charge in [-0.15, -0.1) is 0 Å². The summed E-state index contributed by atoms with van der Waals surface area (Å²) in [6.45, 7) is 3.61. The quantitative estimate of drug-likeness (QED) is 0.648. The Hall–Kier alpha value is -1.99. The third kappa shape index (κ3) is 5.08. The Morgan fingerprint density at radius 1 is 1.21 bits per heavy atom. The molecule has 1 aromatic heterocycles. The smallest absolute Gasteiger partial charge is 0.223 e. The molecule has 0 radical (unpaired) electrons. The van der Waals surface area contributed by atoms with Crippen LogP contribution in [0.5, 0.6) is 0 Å². The second-order valence-corrected chi connectivity index (χ2v) is 7.76. The molecule has 1 aliphatic carbocycles. The van der Waals surface area contributed by atoms with E-state index in [0.717, 1.165) is 80.8 Å². The van der Waals surface area contributed by atoms with Gasteiger partial charge in [-0.3, -0.25) is 4.99 Å². The molecular weight excluding hydrogens is 352 g/mol. The summed E-state index contributed by atoms with van der Waals surface area (Å²) in [4.78, 5) is 13.8. The van der Waals surface area contributed by atoms with Crippen molar-refractivity contribution in [3.05, 3.63) is 23.7 Å². The number of aromatic nitrogens is 2. The lowest BCUT2D eigenvalue weighted by atomic mass is 9.90. The molecule has 1 saturated heterocycles. The molecule has 1 aliphatic heterocycles. The molecule has 2 heterocycles. The van der Waals surface area contributed by atoms with E-state index in [2.05, 4.69) is 22.2 Å². The zero-order valence-electron chi connectivity index (χ0n) is 17.2. The Morgan fingerprint density at radius 2 is 1.93 bits per heavy atom. The number of nitrogens with zero attached hydrogens (tertiary/aromatic N) is 3. The van der Waals surface area contributed by atoms with Crippen molar-refractivity contribution in [1.29, 1.82) is 0 Å². The number of rotatable bonds is 6. The summed E-state index contributed by atoms with van der Waals surface area (Å²) in [6.07, 6.45) is 8.69. The Kier molecular flexibility index (Phi) is 7.39. The van der Waals surface area contributed by atoms with Crippen molar-refractivity contribution in [1.82, 2.24) is 9.97 Å². The van der Waals surface area contributed by atoms with E-state index < -0.39 is 0 Å². The van der Waals surface area contributed by atoms with Gasteiger partial charge in [0.25, 0.3) is 0 Å². The SMILES string of the molecule is CCC(=NC)/C(=C(\N)C1CCOCC1)c1ccnc(NC2CCC(N)CC2)n1. The van der Waals surface area contributed by atoms with E-state index in [0.29, 0.717) is 23.9 Å². The van der Waals surface area contributed by atoms with Crippen molar-refractivity contribution in [2.45, 2.75) is 64.0 Å². The van der Waals surface area contributed by atoms with Crippen LogP contribution in [0, 0.1) is 5.92 Å². The lowest BCUT2D eigenvalue weighted by Gasteiger charge is -2.27. The van der Waals surface area contributed by atoms with Crippen molar-refractivity contribution in [3.63, 3.8) is 0 Å². The van der Waals surface area contributed by atoms with Crippen LogP contribution in [0.1, 0.15) is 57.6 Å². The van der Waals surface area contributed by atoms with Crippen LogP contribution in [0.2, 0.25) is 0 Å². The minimum Gasteiger partial charge on any atom is -0.401 e. The molecule has 7 heteroatoms. The van der Waals surface area contributed by atoms with Gasteiger partial charge < -0.3 is 21.5 Å². The second kappa shape index (κ2) is 9.98. The lowest BCUT2D eigenvalue weighted by Crippen LogP contribution is -2.33. The third-order valence-corrected chi connectivity index (χ3v) is 5.86. The van der Waals surface area contributed by atoms with Gasteiger partial charge in [-0.2, -0.15) is 0 Å². The highest BCUT2D eigenvalue weighted by molar-refractivity contribution is 6.24. The number of allylic oxidation sites excluding steroid dienone is 2. The van der Waals surface area contributed by atoms with E-state index in [1.807, 2.05) is 13.1 Å². The predicted octanol–water partition coefficient (Wildman–Crippen LogP) is 2.74. The molecule has 0 atom stereocenters. The van der Waals surface area contributed by atoms with Gasteiger partial charge in [0.2, 0.25) is 5.95 Å². The van der Waals surface area contributed by atoms with E-state index in [9.17, 15) is 0 Å². The maximum atomic E-state index is 6.67. The minimum atomic E-state index is 0.304. The van der Waals surface area contributed by atoms with Crippen LogP contribution in [0.3, 0.4) is 0 Å². The fourth-order valence-corrected chi connectivity index (χ4v) is 4.14. The first-order chi connectivity index (χ1) is 13.6. The zero-order chi connectivity index (χ0) is 19.9. The van der Waals surface area contributed by atoms with Crippen LogP contribution in [-0.2, 0) is 4.74 Å². The van der Waals surface area contributed by atoms with Gasteiger partial charge in [-0.05, 0) is 51.0 Å². The van der Waals surface area contributed by atoms with E-state index in [-0.39, 0.29) is 0 Å². The van der Waals surface area contributed by atoms with Crippen molar-refractivity contribution in [2.75, 3.05) is 25.6 Å². The lowest BCUT2D eigenvalue weighted by molar-refractivity contribution is 0.0756. The molecule has 5 N–H and O–H groups in total. The van der Waals surface area contributed by atoms with Crippen LogP contribution in [0.4, 0.5) is 5.95 Å². The zero-order valence-corrected chi connectivity index (χ0v) is 17.2. The molecular formula is C21H34N6O. The van der Waals surface area contributed by atoms with Gasteiger partial charge in [-0.1, -0.05) is 6.92 Å². The van der Waals surface area contributed by atoms with Crippen molar-refractivity contribution < 1.29 is 4.74 Å². The Morgan fingerprint density at radius 3 is 2.57 bits per heavy atom. The number of nitrogens with two attached hydrogens (primary N) is 2. The molecule has 0 unspecified atom stereocenters. The minimum absolute atomic E-state index is 0.304. The molecule has 7 nitrogen and oxygen atoms in total. The Labute approximate surface area is 168 Å². The normalized spacial score (nSPS) is 25.3. The average molecular weight is 387 g/mol. The highest BCUT2D eigenvalue weighted by Gasteiger charge is 2.24. The van der Waals surface area contributed by atoms with Gasteiger partial charge in [0.15, 0.2) is 0 Å². The van der Waals surface area contributed by atoms with Crippen LogP contribution in [0.25, 0.3) is 5.57 Å². The summed E-state index contributed by atoms with van der Waals surface area (Å²) in [6, 6.07) is 2.64. The van der Waals surface area contributed by atoms with Crippen molar-refractivity contribution in [3.8, 4) is 0 Å². The maximum absolute atomic E-state index is 6.67. The molecule has 2 fully saturated rings. The molecule has 0 spiro atoms. The van der Waals surface area contributed by atoms with Crippen LogP contribution < -0.4 is 16.8 Å². The topological polar surface area (TPSA) is 111 Å². The molecule has 1 aromatic rings. The first kappa shape index (κ1) is 20.7. The third-order valence-electron chi connectivity index (χ3n) is 5.86. The summed E-state index contributed by atoms with van der Waals surface area (Å²) in [5.41, 5.74) is 16.4. The summed E-state index contributed by atoms with van der Waals surface area (Å²) in [5, 5.41) is 3.49. The summed E-state index contributed by atoms with van der Waals surface area (Å²) in [7, 11) is 1.82. The Bertz CT molecular complexity index is 703. The molecule has 0 aromatic carbocycles. The number of ether oxygens (including phenoxy) is 1. The summed E-state index contributed by atoms with van der Waals surface area (Å²) < 4.78 is 5.51. The van der Waals surface area contributed by atoms with Gasteiger partial charge in [0.1, 0.15) is 0 Å². The number of hydrogen-bond donors (Lipinski definition) is 3. The Balaban J connectivity index is 1.87. The standard InChI is InChI=1S/C21H34N6O/c1-3-17(24-2)19(20(23)14-9-12-28-13-10-14)18-8-11-25-21(27-18)26-16-6-4-15(22)5-7-16/h8,11,14-16H,3-7,9-10,12-13,22-23H2,1-2H3,(H,25,26,27)/b20-19+,24-17?. The highest BCUT2D eigenvalue weighted by atomic mass is 16.5. The molecule has 2 aliphatic rings. The molecule has 0 bridgehead atoms. The summed E-state index contributed by atoms with van der Waals surface area (Å²) >= 11 is 0. The molecule has 3 rings (SSSR count). The molecule has 0 amide bonds. The average Bonchev–Trinajstić information content (AvgIpc) is 2.74. The largest absolute Gasteiger partial charge is 0.401 e. The van der Waals surface area contributed by atoms with Crippen LogP contribution in [0.15, 0.2) is 23.0 Å². The first-order valence-corrected chi connectivity index (χ1v) is 10.5. The first-order valence-electron chi connectivity index (χ1n) is 10.5. The number of nitrogens with one attached hydrogen (secondary N) is 1. The molecule has 28 heavy (non-hydrogen) atoms. The van der Waals surface area contributed by atoms with Gasteiger partial charge >= 0.3 is 0 Å².